The molecule has 0 aliphatic rings. The van der Waals surface area contributed by atoms with Crippen molar-refractivity contribution >= 4 is 16.2 Å². The molecule has 116 valence electrons. The van der Waals surface area contributed by atoms with Gasteiger partial charge in [-0.1, -0.05) is 13.3 Å². The maximum absolute atomic E-state index is 12.1. The summed E-state index contributed by atoms with van der Waals surface area (Å²) in [5.41, 5.74) is 0. The molecule has 0 fully saturated rings. The van der Waals surface area contributed by atoms with Crippen LogP contribution in [0.15, 0.2) is 0 Å². The number of aliphatic carboxylic acids is 1. The monoisotopic (exact) mass is 307 g/mol. The molecule has 1 atom stereocenters. The van der Waals surface area contributed by atoms with E-state index in [0.717, 1.165) is 4.31 Å². The van der Waals surface area contributed by atoms with Gasteiger partial charge in [0.2, 0.25) is 0 Å². The number of nitrogens with zero attached hydrogens (tertiary/aromatic N) is 2. The first-order valence-electron chi connectivity index (χ1n) is 6.25. The number of carboxylic acid groups (broad SMARTS) is 1. The fourth-order valence-electron chi connectivity index (χ4n) is 1.50. The summed E-state index contributed by atoms with van der Waals surface area (Å²) in [6, 6.07) is 0.688. The molecule has 0 saturated heterocycles. The minimum Gasteiger partial charge on any atom is -0.480 e. The van der Waals surface area contributed by atoms with E-state index in [-0.39, 0.29) is 32.5 Å². The highest BCUT2D eigenvalue weighted by atomic mass is 32.2. The summed E-state index contributed by atoms with van der Waals surface area (Å²) in [6.07, 6.45) is 0.761. The molecule has 0 aliphatic carbocycles. The predicted molar refractivity (Wildman–Crippen MR) is 72.1 cm³/mol. The molecule has 0 rings (SSSR count). The van der Waals surface area contributed by atoms with Crippen LogP contribution in [0.3, 0.4) is 0 Å². The third-order valence-corrected chi connectivity index (χ3v) is 4.15. The van der Waals surface area contributed by atoms with E-state index in [2.05, 4.69) is 4.72 Å². The van der Waals surface area contributed by atoms with E-state index >= 15 is 0 Å². The third kappa shape index (κ3) is 6.81. The zero-order chi connectivity index (χ0) is 15.6. The van der Waals surface area contributed by atoms with Gasteiger partial charge in [0.15, 0.2) is 0 Å². The topological polar surface area (TPSA) is 120 Å². The Labute approximate surface area is 119 Å². The third-order valence-electron chi connectivity index (χ3n) is 2.52. The van der Waals surface area contributed by atoms with Crippen molar-refractivity contribution in [1.82, 2.24) is 9.03 Å². The first kappa shape index (κ1) is 18.8. The molecule has 0 radical (unpaired) electrons. The summed E-state index contributed by atoms with van der Waals surface area (Å²) >= 11 is 0. The highest BCUT2D eigenvalue weighted by molar-refractivity contribution is 7.87. The first-order chi connectivity index (χ1) is 9.38. The normalized spacial score (nSPS) is 13.1. The molecule has 20 heavy (non-hydrogen) atoms. The molecule has 2 N–H and O–H groups in total. The molecule has 0 amide bonds. The lowest BCUT2D eigenvalue weighted by Crippen LogP contribution is -2.49. The summed E-state index contributed by atoms with van der Waals surface area (Å²) in [7, 11) is -2.53. The Balaban J connectivity index is 4.90. The van der Waals surface area contributed by atoms with Gasteiger partial charge in [0, 0.05) is 26.6 Å². The number of hydrogen-bond acceptors (Lipinski definition) is 5. The van der Waals surface area contributed by atoms with Crippen molar-refractivity contribution in [3.8, 4) is 6.07 Å². The van der Waals surface area contributed by atoms with Crippen LogP contribution in [0.5, 0.6) is 0 Å². The van der Waals surface area contributed by atoms with Gasteiger partial charge in [-0.3, -0.25) is 4.79 Å². The second-order valence-corrected chi connectivity index (χ2v) is 5.80. The van der Waals surface area contributed by atoms with Crippen LogP contribution in [-0.4, -0.2) is 56.6 Å². The smallest absolute Gasteiger partial charge is 0.321 e. The summed E-state index contributed by atoms with van der Waals surface area (Å²) < 4.78 is 32.2. The van der Waals surface area contributed by atoms with E-state index in [1.54, 1.807) is 6.92 Å². The molecule has 0 aromatic carbocycles. The lowest BCUT2D eigenvalue weighted by Gasteiger charge is -2.23. The lowest BCUT2D eigenvalue weighted by atomic mass is 10.2. The van der Waals surface area contributed by atoms with Crippen LogP contribution < -0.4 is 4.72 Å². The van der Waals surface area contributed by atoms with E-state index in [9.17, 15) is 13.2 Å². The van der Waals surface area contributed by atoms with Gasteiger partial charge >= 0.3 is 5.97 Å². The molecule has 0 aromatic heterocycles. The molecule has 0 aromatic rings. The van der Waals surface area contributed by atoms with Gasteiger partial charge in [-0.25, -0.2) is 0 Å². The zero-order valence-corrected chi connectivity index (χ0v) is 12.5. The molecule has 0 spiro atoms. The standard InChI is InChI=1S/C11H21N3O5S/c1-3-5-10(11(15)16)13-20(17,18)14(7-4-6-12)8-9-19-2/h10,13H,3-5,7-9H2,1-2H3,(H,15,16). The Morgan fingerprint density at radius 2 is 2.15 bits per heavy atom. The average Bonchev–Trinajstić information content (AvgIpc) is 2.37. The van der Waals surface area contributed by atoms with Gasteiger partial charge in [-0.2, -0.15) is 22.7 Å². The lowest BCUT2D eigenvalue weighted by molar-refractivity contribution is -0.139. The average molecular weight is 307 g/mol. The summed E-state index contributed by atoms with van der Waals surface area (Å²) in [5.74, 6) is -1.22. The second kappa shape index (κ2) is 9.66. The highest BCUT2D eigenvalue weighted by Gasteiger charge is 2.28. The zero-order valence-electron chi connectivity index (χ0n) is 11.7. The van der Waals surface area contributed by atoms with E-state index < -0.39 is 22.2 Å². The highest BCUT2D eigenvalue weighted by Crippen LogP contribution is 2.05. The number of nitriles is 1. The van der Waals surface area contributed by atoms with Gasteiger partial charge in [0.25, 0.3) is 10.2 Å². The quantitative estimate of drug-likeness (QED) is 0.551. The van der Waals surface area contributed by atoms with Crippen molar-refractivity contribution in [2.45, 2.75) is 32.2 Å². The van der Waals surface area contributed by atoms with Crippen LogP contribution >= 0.6 is 0 Å². The van der Waals surface area contributed by atoms with Crippen molar-refractivity contribution in [3.63, 3.8) is 0 Å². The van der Waals surface area contributed by atoms with Crippen LogP contribution in [0, 0.1) is 11.3 Å². The van der Waals surface area contributed by atoms with Crippen LogP contribution in [0.25, 0.3) is 0 Å². The fraction of sp³-hybridized carbons (Fsp3) is 0.818. The summed E-state index contributed by atoms with van der Waals surface area (Å²) in [5, 5.41) is 17.5. The number of hydrogen-bond donors (Lipinski definition) is 2. The number of carbonyl (C=O) groups is 1. The molecule has 0 bridgehead atoms. The van der Waals surface area contributed by atoms with E-state index in [1.807, 2.05) is 6.07 Å². The Hall–Kier alpha value is -1.21. The van der Waals surface area contributed by atoms with Crippen molar-refractivity contribution in [1.29, 1.82) is 5.26 Å². The summed E-state index contributed by atoms with van der Waals surface area (Å²) in [6.45, 7) is 1.99. The van der Waals surface area contributed by atoms with Gasteiger partial charge in [-0.15, -0.1) is 0 Å². The van der Waals surface area contributed by atoms with Crippen LogP contribution in [0.2, 0.25) is 0 Å². The second-order valence-electron chi connectivity index (χ2n) is 4.10. The Morgan fingerprint density at radius 3 is 2.60 bits per heavy atom. The van der Waals surface area contributed by atoms with Crippen molar-refractivity contribution < 1.29 is 23.1 Å². The number of carboxylic acids is 1. The SMILES string of the molecule is CCCC(NS(=O)(=O)N(CCC#N)CCOC)C(=O)O. The maximum atomic E-state index is 12.1. The van der Waals surface area contributed by atoms with E-state index in [0.29, 0.717) is 6.42 Å². The summed E-state index contributed by atoms with van der Waals surface area (Å²) in [4.78, 5) is 11.0. The number of rotatable bonds is 11. The molecule has 0 aliphatic heterocycles. The maximum Gasteiger partial charge on any atom is 0.321 e. The Kier molecular flexibility index (Phi) is 9.07. The number of methoxy groups -OCH3 is 1. The molecule has 9 heteroatoms. The predicted octanol–water partition coefficient (Wildman–Crippen LogP) is -0.0638. The van der Waals surface area contributed by atoms with Crippen LogP contribution in [0.4, 0.5) is 0 Å². The van der Waals surface area contributed by atoms with Gasteiger partial charge in [0.1, 0.15) is 6.04 Å². The van der Waals surface area contributed by atoms with Gasteiger partial charge in [0.05, 0.1) is 12.7 Å². The molecular weight excluding hydrogens is 286 g/mol. The Morgan fingerprint density at radius 1 is 1.50 bits per heavy atom. The van der Waals surface area contributed by atoms with Crippen LogP contribution in [-0.2, 0) is 19.7 Å². The largest absolute Gasteiger partial charge is 0.480 e. The molecular formula is C11H21N3O5S. The first-order valence-corrected chi connectivity index (χ1v) is 7.69. The van der Waals surface area contributed by atoms with E-state index in [1.165, 1.54) is 7.11 Å². The van der Waals surface area contributed by atoms with Gasteiger partial charge < -0.3 is 9.84 Å². The van der Waals surface area contributed by atoms with Gasteiger partial charge in [-0.05, 0) is 6.42 Å². The molecule has 0 saturated carbocycles. The van der Waals surface area contributed by atoms with Crippen molar-refractivity contribution in [2.24, 2.45) is 0 Å². The minimum atomic E-state index is -3.96. The Bertz CT molecular complexity index is 432. The minimum absolute atomic E-state index is 0.00629. The van der Waals surface area contributed by atoms with Crippen molar-refractivity contribution in [3.05, 3.63) is 0 Å². The number of ether oxygens (including phenoxy) is 1. The van der Waals surface area contributed by atoms with Crippen LogP contribution in [0.1, 0.15) is 26.2 Å². The molecule has 0 heterocycles. The van der Waals surface area contributed by atoms with E-state index in [4.69, 9.17) is 15.1 Å². The fourth-order valence-corrected chi connectivity index (χ4v) is 2.87. The van der Waals surface area contributed by atoms with Crippen molar-refractivity contribution in [2.75, 3.05) is 26.8 Å². The molecule has 1 unspecified atom stereocenters. The number of nitrogens with one attached hydrogen (secondary N) is 1. The molecule has 8 nitrogen and oxygen atoms in total.